The number of anilines is 1. The maximum Gasteiger partial charge on any atom is 0.142 e. The van der Waals surface area contributed by atoms with Crippen LogP contribution in [0.15, 0.2) is 60.7 Å². The fraction of sp³-hybridized carbons (Fsp3) is 0.273. The molecule has 0 aliphatic carbocycles. The lowest BCUT2D eigenvalue weighted by Gasteiger charge is -2.31. The van der Waals surface area contributed by atoms with Gasteiger partial charge in [0.1, 0.15) is 24.7 Å². The second-order valence-corrected chi connectivity index (χ2v) is 6.47. The van der Waals surface area contributed by atoms with Gasteiger partial charge in [0.25, 0.3) is 0 Å². The molecule has 1 aliphatic rings. The molecule has 0 atom stereocenters. The molecule has 0 saturated carbocycles. The lowest BCUT2D eigenvalue weighted by atomic mass is 10.1. The molecule has 4 heteroatoms. The number of para-hydroxylation sites is 2. The minimum Gasteiger partial charge on any atom is -0.492 e. The Kier molecular flexibility index (Phi) is 4.93. The molecule has 1 N–H and O–H groups in total. The van der Waals surface area contributed by atoms with Crippen LogP contribution in [0.25, 0.3) is 10.8 Å². The minimum atomic E-state index is 0.178. The average Bonchev–Trinajstić information content (AvgIpc) is 2.68. The van der Waals surface area contributed by atoms with E-state index in [0.717, 1.165) is 41.2 Å². The van der Waals surface area contributed by atoms with Crippen LogP contribution in [-0.4, -0.2) is 38.0 Å². The second kappa shape index (κ2) is 7.67. The van der Waals surface area contributed by atoms with Crippen LogP contribution in [0.2, 0.25) is 0 Å². The molecule has 0 unspecified atom stereocenters. The molecule has 1 heterocycles. The van der Waals surface area contributed by atoms with Crippen molar-refractivity contribution in [1.29, 1.82) is 0 Å². The van der Waals surface area contributed by atoms with Gasteiger partial charge in [-0.25, -0.2) is 0 Å². The van der Waals surface area contributed by atoms with Crippen LogP contribution in [0, 0.1) is 0 Å². The maximum atomic E-state index is 9.07. The molecule has 1 aliphatic heterocycles. The fourth-order valence-corrected chi connectivity index (χ4v) is 3.38. The van der Waals surface area contributed by atoms with Gasteiger partial charge >= 0.3 is 0 Å². The molecular weight excluding hydrogens is 326 g/mol. The van der Waals surface area contributed by atoms with Crippen LogP contribution in [0.4, 0.5) is 5.69 Å². The van der Waals surface area contributed by atoms with E-state index in [1.165, 1.54) is 5.39 Å². The molecule has 26 heavy (non-hydrogen) atoms. The molecule has 0 aromatic heterocycles. The first-order valence-corrected chi connectivity index (χ1v) is 9.06. The molecule has 0 saturated heterocycles. The Morgan fingerprint density at radius 2 is 1.85 bits per heavy atom. The van der Waals surface area contributed by atoms with E-state index in [1.54, 1.807) is 0 Å². The van der Waals surface area contributed by atoms with Crippen molar-refractivity contribution in [2.45, 2.75) is 6.42 Å². The fourth-order valence-electron chi connectivity index (χ4n) is 3.38. The summed E-state index contributed by atoms with van der Waals surface area (Å²) in [4.78, 5) is 2.31. The van der Waals surface area contributed by atoms with Crippen molar-refractivity contribution in [2.24, 2.45) is 0 Å². The topological polar surface area (TPSA) is 41.9 Å². The Balaban J connectivity index is 1.40. The monoisotopic (exact) mass is 349 g/mol. The molecule has 0 radical (unpaired) electrons. The molecule has 134 valence electrons. The predicted octanol–water partition coefficient (Wildman–Crippen LogP) is 3.65. The maximum absolute atomic E-state index is 9.07. The zero-order valence-corrected chi connectivity index (χ0v) is 14.7. The van der Waals surface area contributed by atoms with Gasteiger partial charge in [-0.3, -0.25) is 0 Å². The van der Waals surface area contributed by atoms with Crippen molar-refractivity contribution in [2.75, 3.05) is 37.8 Å². The number of rotatable bonds is 6. The van der Waals surface area contributed by atoms with Crippen molar-refractivity contribution in [3.05, 3.63) is 66.2 Å². The number of hydrogen-bond donors (Lipinski definition) is 1. The van der Waals surface area contributed by atoms with Crippen molar-refractivity contribution < 1.29 is 14.6 Å². The van der Waals surface area contributed by atoms with Gasteiger partial charge < -0.3 is 19.5 Å². The molecule has 0 bridgehead atoms. The molecule has 4 rings (SSSR count). The van der Waals surface area contributed by atoms with E-state index >= 15 is 0 Å². The van der Waals surface area contributed by atoms with Crippen LogP contribution < -0.4 is 14.4 Å². The summed E-state index contributed by atoms with van der Waals surface area (Å²) in [6.45, 7) is 3.22. The van der Waals surface area contributed by atoms with Crippen LogP contribution in [-0.2, 0) is 6.42 Å². The van der Waals surface area contributed by atoms with E-state index in [9.17, 15) is 0 Å². The summed E-state index contributed by atoms with van der Waals surface area (Å²) in [5.41, 5.74) is 2.29. The smallest absolute Gasteiger partial charge is 0.142 e. The van der Waals surface area contributed by atoms with Gasteiger partial charge in [0.2, 0.25) is 0 Å². The highest BCUT2D eigenvalue weighted by Gasteiger charge is 2.16. The third kappa shape index (κ3) is 3.60. The number of nitrogens with zero attached hydrogens (tertiary/aromatic N) is 1. The summed E-state index contributed by atoms with van der Waals surface area (Å²) in [5, 5.41) is 11.4. The first-order valence-electron chi connectivity index (χ1n) is 9.06. The van der Waals surface area contributed by atoms with E-state index in [0.29, 0.717) is 19.6 Å². The first kappa shape index (κ1) is 16.7. The number of aliphatic hydroxyl groups is 1. The Hall–Kier alpha value is -2.72. The Morgan fingerprint density at radius 3 is 2.77 bits per heavy atom. The summed E-state index contributed by atoms with van der Waals surface area (Å²) in [7, 11) is 0. The van der Waals surface area contributed by atoms with Crippen molar-refractivity contribution in [1.82, 2.24) is 0 Å². The van der Waals surface area contributed by atoms with E-state index < -0.39 is 0 Å². The zero-order valence-electron chi connectivity index (χ0n) is 14.7. The van der Waals surface area contributed by atoms with E-state index in [4.69, 9.17) is 14.6 Å². The average molecular weight is 349 g/mol. The largest absolute Gasteiger partial charge is 0.492 e. The Labute approximate surface area is 153 Å². The lowest BCUT2D eigenvalue weighted by molar-refractivity contribution is 0.288. The van der Waals surface area contributed by atoms with Gasteiger partial charge in [0.05, 0.1) is 18.8 Å². The lowest BCUT2D eigenvalue weighted by Crippen LogP contribution is -2.35. The van der Waals surface area contributed by atoms with Gasteiger partial charge in [-0.05, 0) is 47.0 Å². The normalized spacial score (nSPS) is 13.3. The number of aliphatic hydroxyl groups excluding tert-OH is 1. The van der Waals surface area contributed by atoms with E-state index in [-0.39, 0.29) is 6.61 Å². The van der Waals surface area contributed by atoms with E-state index in [2.05, 4.69) is 41.3 Å². The first-order chi connectivity index (χ1) is 12.8. The Morgan fingerprint density at radius 1 is 1.00 bits per heavy atom. The van der Waals surface area contributed by atoms with Crippen LogP contribution in [0.5, 0.6) is 11.5 Å². The highest BCUT2D eigenvalue weighted by atomic mass is 16.5. The molecule has 3 aromatic carbocycles. The molecule has 3 aromatic rings. The number of benzene rings is 3. The molecule has 4 nitrogen and oxygen atoms in total. The predicted molar refractivity (Wildman–Crippen MR) is 104 cm³/mol. The summed E-state index contributed by atoms with van der Waals surface area (Å²) >= 11 is 0. The number of hydrogen-bond acceptors (Lipinski definition) is 4. The SMILES string of the molecule is OCCc1ccc2cc(OCCN3CCOc4ccccc43)ccc2c1. The Bertz CT molecular complexity index is 893. The van der Waals surface area contributed by atoms with Crippen LogP contribution in [0.3, 0.4) is 0 Å². The third-order valence-electron chi connectivity index (χ3n) is 4.73. The van der Waals surface area contributed by atoms with Crippen molar-refractivity contribution in [3.8, 4) is 11.5 Å². The quantitative estimate of drug-likeness (QED) is 0.738. The molecule has 0 fully saturated rings. The third-order valence-corrected chi connectivity index (χ3v) is 4.73. The summed E-state index contributed by atoms with van der Waals surface area (Å²) in [6, 6.07) is 20.6. The summed E-state index contributed by atoms with van der Waals surface area (Å²) in [6.07, 6.45) is 0.690. The number of fused-ring (bicyclic) bond motifs is 2. The van der Waals surface area contributed by atoms with Gasteiger partial charge in [-0.2, -0.15) is 0 Å². The van der Waals surface area contributed by atoms with Crippen molar-refractivity contribution >= 4 is 16.5 Å². The highest BCUT2D eigenvalue weighted by Crippen LogP contribution is 2.30. The molecular formula is C22H23NO3. The highest BCUT2D eigenvalue weighted by molar-refractivity contribution is 5.84. The standard InChI is InChI=1S/C22H23NO3/c24-12-9-17-5-6-19-16-20(8-7-18(19)15-17)25-13-10-23-11-14-26-22-4-2-1-3-21(22)23/h1-8,15-16,24H,9-14H2. The second-order valence-electron chi connectivity index (χ2n) is 6.47. The van der Waals surface area contributed by atoms with E-state index in [1.807, 2.05) is 24.3 Å². The van der Waals surface area contributed by atoms with Gasteiger partial charge in [-0.1, -0.05) is 36.4 Å². The minimum absolute atomic E-state index is 0.178. The summed E-state index contributed by atoms with van der Waals surface area (Å²) in [5.74, 6) is 1.83. The van der Waals surface area contributed by atoms with Crippen LogP contribution in [0.1, 0.15) is 5.56 Å². The number of ether oxygens (including phenoxy) is 2. The van der Waals surface area contributed by atoms with Crippen LogP contribution >= 0.6 is 0 Å². The molecule has 0 amide bonds. The van der Waals surface area contributed by atoms with Gasteiger partial charge in [0.15, 0.2) is 0 Å². The summed E-state index contributed by atoms with van der Waals surface area (Å²) < 4.78 is 11.7. The van der Waals surface area contributed by atoms with Gasteiger partial charge in [0, 0.05) is 6.61 Å². The van der Waals surface area contributed by atoms with Crippen molar-refractivity contribution in [3.63, 3.8) is 0 Å². The van der Waals surface area contributed by atoms with Gasteiger partial charge in [-0.15, -0.1) is 0 Å². The zero-order chi connectivity index (χ0) is 17.8. The molecule has 0 spiro atoms.